The largest absolute Gasteiger partial charge is 0.434 e. The summed E-state index contributed by atoms with van der Waals surface area (Å²) in [5, 5.41) is 0. The van der Waals surface area contributed by atoms with Gasteiger partial charge in [0.2, 0.25) is 0 Å². The molecule has 0 aliphatic heterocycles. The highest BCUT2D eigenvalue weighted by Crippen LogP contribution is 2.31. The normalized spacial score (nSPS) is 12.4. The Morgan fingerprint density at radius 1 is 1.20 bits per heavy atom. The summed E-state index contributed by atoms with van der Waals surface area (Å²) < 4.78 is 29.5. The van der Waals surface area contributed by atoms with Gasteiger partial charge in [0, 0.05) is 18.0 Å². The molecule has 1 atom stereocenters. The second-order valence-corrected chi connectivity index (χ2v) is 4.25. The van der Waals surface area contributed by atoms with Crippen LogP contribution in [0.15, 0.2) is 42.7 Å². The molecule has 4 nitrogen and oxygen atoms in total. The summed E-state index contributed by atoms with van der Waals surface area (Å²) in [5.41, 5.74) is 4.92. The van der Waals surface area contributed by atoms with E-state index in [2.05, 4.69) is 15.1 Å². The van der Waals surface area contributed by atoms with Crippen molar-refractivity contribution < 1.29 is 13.5 Å². The molecule has 1 heterocycles. The lowest BCUT2D eigenvalue weighted by atomic mass is 9.96. The van der Waals surface area contributed by atoms with Gasteiger partial charge < -0.3 is 4.74 Å². The molecule has 20 heavy (non-hydrogen) atoms. The summed E-state index contributed by atoms with van der Waals surface area (Å²) in [6.07, 6.45) is 3.31. The van der Waals surface area contributed by atoms with Gasteiger partial charge in [0.1, 0.15) is 5.75 Å². The van der Waals surface area contributed by atoms with Gasteiger partial charge in [0.25, 0.3) is 0 Å². The van der Waals surface area contributed by atoms with Crippen molar-refractivity contribution in [2.24, 2.45) is 5.84 Å². The average molecular weight is 279 g/mol. The molecular formula is C14H15F2N3O. The van der Waals surface area contributed by atoms with Crippen molar-refractivity contribution in [3.05, 3.63) is 59.4 Å². The number of pyridine rings is 1. The van der Waals surface area contributed by atoms with Crippen LogP contribution in [0.2, 0.25) is 0 Å². The molecule has 0 aliphatic rings. The molecule has 0 bridgehead atoms. The number of benzene rings is 1. The van der Waals surface area contributed by atoms with Crippen LogP contribution in [-0.2, 0) is 0 Å². The van der Waals surface area contributed by atoms with Gasteiger partial charge in [0.05, 0.1) is 6.04 Å². The number of aryl methyl sites for hydroxylation is 1. The lowest BCUT2D eigenvalue weighted by molar-refractivity contribution is -0.0506. The van der Waals surface area contributed by atoms with E-state index in [9.17, 15) is 8.78 Å². The van der Waals surface area contributed by atoms with Crippen molar-refractivity contribution in [1.82, 2.24) is 10.4 Å². The van der Waals surface area contributed by atoms with Crippen LogP contribution in [0, 0.1) is 6.92 Å². The second-order valence-electron chi connectivity index (χ2n) is 4.25. The van der Waals surface area contributed by atoms with E-state index < -0.39 is 12.7 Å². The number of nitrogens with two attached hydrogens (primary N) is 1. The fraction of sp³-hybridized carbons (Fsp3) is 0.214. The number of nitrogens with one attached hydrogen (secondary N) is 1. The number of ether oxygens (including phenoxy) is 1. The molecule has 0 amide bonds. The number of hydrogen-bond acceptors (Lipinski definition) is 4. The lowest BCUT2D eigenvalue weighted by Gasteiger charge is -2.21. The number of hydrogen-bond donors (Lipinski definition) is 2. The van der Waals surface area contributed by atoms with E-state index in [0.29, 0.717) is 5.56 Å². The van der Waals surface area contributed by atoms with E-state index in [1.54, 1.807) is 30.6 Å². The topological polar surface area (TPSA) is 60.2 Å². The van der Waals surface area contributed by atoms with Crippen LogP contribution < -0.4 is 16.0 Å². The van der Waals surface area contributed by atoms with Crippen LogP contribution in [0.1, 0.15) is 22.7 Å². The fourth-order valence-corrected chi connectivity index (χ4v) is 2.05. The van der Waals surface area contributed by atoms with Crippen molar-refractivity contribution in [3.63, 3.8) is 0 Å². The number of rotatable bonds is 5. The number of halogens is 2. The Morgan fingerprint density at radius 3 is 2.60 bits per heavy atom. The zero-order valence-corrected chi connectivity index (χ0v) is 10.9. The van der Waals surface area contributed by atoms with Crippen LogP contribution in [-0.4, -0.2) is 11.6 Å². The van der Waals surface area contributed by atoms with Gasteiger partial charge in [-0.25, -0.2) is 5.43 Å². The van der Waals surface area contributed by atoms with Gasteiger partial charge in [-0.1, -0.05) is 18.2 Å². The monoisotopic (exact) mass is 279 g/mol. The quantitative estimate of drug-likeness (QED) is 0.652. The molecule has 0 spiro atoms. The third kappa shape index (κ3) is 3.09. The van der Waals surface area contributed by atoms with E-state index in [4.69, 9.17) is 5.84 Å². The molecule has 0 radical (unpaired) electrons. The van der Waals surface area contributed by atoms with E-state index in [0.717, 1.165) is 11.1 Å². The first-order chi connectivity index (χ1) is 9.63. The van der Waals surface area contributed by atoms with Crippen molar-refractivity contribution in [2.45, 2.75) is 19.6 Å². The smallest absolute Gasteiger partial charge is 0.387 e. The summed E-state index contributed by atoms with van der Waals surface area (Å²) >= 11 is 0. The van der Waals surface area contributed by atoms with Crippen molar-refractivity contribution >= 4 is 0 Å². The Balaban J connectivity index is 2.45. The number of para-hydroxylation sites is 1. The first-order valence-electron chi connectivity index (χ1n) is 6.04. The third-order valence-electron chi connectivity index (χ3n) is 3.00. The zero-order chi connectivity index (χ0) is 14.5. The van der Waals surface area contributed by atoms with Gasteiger partial charge >= 0.3 is 6.61 Å². The molecule has 1 aromatic carbocycles. The Morgan fingerprint density at radius 2 is 1.95 bits per heavy atom. The van der Waals surface area contributed by atoms with Gasteiger partial charge in [-0.2, -0.15) is 8.78 Å². The van der Waals surface area contributed by atoms with Crippen LogP contribution in [0.4, 0.5) is 8.78 Å². The predicted octanol–water partition coefficient (Wildman–Crippen LogP) is 2.54. The number of aromatic nitrogens is 1. The zero-order valence-electron chi connectivity index (χ0n) is 10.9. The second kappa shape index (κ2) is 6.40. The van der Waals surface area contributed by atoms with E-state index >= 15 is 0 Å². The molecule has 0 fully saturated rings. The molecule has 106 valence electrons. The molecule has 1 unspecified atom stereocenters. The Hall–Kier alpha value is -2.05. The SMILES string of the molecule is Cc1ccncc1C(NN)c1ccccc1OC(F)F. The number of hydrazine groups is 1. The molecule has 0 aliphatic carbocycles. The number of nitrogens with zero attached hydrogens (tertiary/aromatic N) is 1. The summed E-state index contributed by atoms with van der Waals surface area (Å²) in [4.78, 5) is 4.05. The van der Waals surface area contributed by atoms with Crippen LogP contribution in [0.25, 0.3) is 0 Å². The lowest BCUT2D eigenvalue weighted by Crippen LogP contribution is -2.30. The fourth-order valence-electron chi connectivity index (χ4n) is 2.05. The molecule has 2 rings (SSSR count). The van der Waals surface area contributed by atoms with Crippen LogP contribution >= 0.6 is 0 Å². The highest BCUT2D eigenvalue weighted by Gasteiger charge is 2.20. The minimum Gasteiger partial charge on any atom is -0.434 e. The van der Waals surface area contributed by atoms with Crippen molar-refractivity contribution in [2.75, 3.05) is 0 Å². The maximum Gasteiger partial charge on any atom is 0.387 e. The third-order valence-corrected chi connectivity index (χ3v) is 3.00. The van der Waals surface area contributed by atoms with Crippen LogP contribution in [0.5, 0.6) is 5.75 Å². The highest BCUT2D eigenvalue weighted by atomic mass is 19.3. The van der Waals surface area contributed by atoms with Crippen molar-refractivity contribution in [3.8, 4) is 5.75 Å². The maximum atomic E-state index is 12.5. The molecule has 0 saturated carbocycles. The van der Waals surface area contributed by atoms with Crippen LogP contribution in [0.3, 0.4) is 0 Å². The van der Waals surface area contributed by atoms with E-state index in [1.165, 1.54) is 6.07 Å². The first kappa shape index (κ1) is 14.4. The van der Waals surface area contributed by atoms with Crippen molar-refractivity contribution in [1.29, 1.82) is 0 Å². The Labute approximate surface area is 115 Å². The molecule has 3 N–H and O–H groups in total. The van der Waals surface area contributed by atoms with E-state index in [1.807, 2.05) is 13.0 Å². The van der Waals surface area contributed by atoms with Gasteiger partial charge in [-0.15, -0.1) is 0 Å². The maximum absolute atomic E-state index is 12.5. The highest BCUT2D eigenvalue weighted by molar-refractivity contribution is 5.42. The van der Waals surface area contributed by atoms with E-state index in [-0.39, 0.29) is 5.75 Å². The minimum atomic E-state index is -2.88. The summed E-state index contributed by atoms with van der Waals surface area (Å²) in [6, 6.07) is 7.90. The van der Waals surface area contributed by atoms with Gasteiger partial charge in [0.15, 0.2) is 0 Å². The molecule has 6 heteroatoms. The number of alkyl halides is 2. The van der Waals surface area contributed by atoms with Gasteiger partial charge in [-0.3, -0.25) is 10.8 Å². The molecule has 0 saturated heterocycles. The standard InChI is InChI=1S/C14H15F2N3O/c1-9-6-7-18-8-11(9)13(19-17)10-4-2-3-5-12(10)20-14(15)16/h2-8,13-14,19H,17H2,1H3. The molecule has 2 aromatic rings. The first-order valence-corrected chi connectivity index (χ1v) is 6.04. The summed E-state index contributed by atoms with van der Waals surface area (Å²) in [7, 11) is 0. The predicted molar refractivity (Wildman–Crippen MR) is 71.2 cm³/mol. The summed E-state index contributed by atoms with van der Waals surface area (Å²) in [6.45, 7) is -0.984. The Kier molecular flexibility index (Phi) is 4.60. The molecular weight excluding hydrogens is 264 g/mol. The Bertz CT molecular complexity index is 578. The summed E-state index contributed by atoms with van der Waals surface area (Å²) in [5.74, 6) is 5.68. The minimum absolute atomic E-state index is 0.0914. The molecule has 1 aromatic heterocycles. The van der Waals surface area contributed by atoms with Gasteiger partial charge in [-0.05, 0) is 30.2 Å². The average Bonchev–Trinajstić information content (AvgIpc) is 2.43.